The van der Waals surface area contributed by atoms with Gasteiger partial charge in [0.15, 0.2) is 0 Å². The quantitative estimate of drug-likeness (QED) is 0.279. The predicted molar refractivity (Wildman–Crippen MR) is 51.5 cm³/mol. The van der Waals surface area contributed by atoms with Crippen LogP contribution in [-0.2, 0) is 4.79 Å². The number of nitrogens with one attached hydrogen (secondary N) is 1. The van der Waals surface area contributed by atoms with Crippen LogP contribution in [0.3, 0.4) is 0 Å². The topological polar surface area (TPSA) is 75.5 Å². The predicted octanol–water partition coefficient (Wildman–Crippen LogP) is -0.367. The average Bonchev–Trinajstić information content (AvgIpc) is 2.42. The molecule has 1 aliphatic carbocycles. The van der Waals surface area contributed by atoms with Gasteiger partial charge in [0.05, 0.1) is 6.04 Å². The van der Waals surface area contributed by atoms with E-state index >= 15 is 0 Å². The van der Waals surface area contributed by atoms with Crippen LogP contribution in [0, 0.1) is 10.1 Å². The molecule has 0 saturated carbocycles. The van der Waals surface area contributed by atoms with E-state index < -0.39 is 11.0 Å². The van der Waals surface area contributed by atoms with Gasteiger partial charge in [-0.15, -0.1) is 0 Å². The number of hydrogen-bond acceptors (Lipinski definition) is 4. The summed E-state index contributed by atoms with van der Waals surface area (Å²) in [6.07, 6.45) is 4.50. The number of rotatable bonds is 1. The summed E-state index contributed by atoms with van der Waals surface area (Å²) in [5, 5.41) is 10.5. The molecule has 2 rings (SSSR count). The van der Waals surface area contributed by atoms with E-state index in [-0.39, 0.29) is 11.9 Å². The molecule has 1 N–H and O–H groups in total. The summed E-state index contributed by atoms with van der Waals surface area (Å²) in [5.74, 6) is -0.277. The third kappa shape index (κ3) is 1.32. The molecule has 1 fully saturated rings. The Morgan fingerprint density at radius 3 is 2.93 bits per heavy atom. The molecular formula is C7H8N3O3P. The van der Waals surface area contributed by atoms with Gasteiger partial charge in [-0.3, -0.25) is 20.3 Å². The van der Waals surface area contributed by atoms with Gasteiger partial charge in [-0.2, -0.15) is 4.78 Å². The summed E-state index contributed by atoms with van der Waals surface area (Å²) in [6.45, 7) is 0. The van der Waals surface area contributed by atoms with Crippen LogP contribution in [-0.4, -0.2) is 27.7 Å². The van der Waals surface area contributed by atoms with Gasteiger partial charge in [0, 0.05) is 16.6 Å². The fraction of sp³-hybridized carbons (Fsp3) is 0.286. The molecule has 74 valence electrons. The Balaban J connectivity index is 2.32. The first-order valence-electron chi connectivity index (χ1n) is 3.98. The molecule has 0 aromatic carbocycles. The summed E-state index contributed by atoms with van der Waals surface area (Å²) in [6, 6.07) is -1.09. The Labute approximate surface area is 82.0 Å². The van der Waals surface area contributed by atoms with E-state index in [0.717, 1.165) is 0 Å². The first-order chi connectivity index (χ1) is 6.59. The van der Waals surface area contributed by atoms with Gasteiger partial charge in [-0.1, -0.05) is 6.08 Å². The number of carbonyl (C=O) groups is 1. The first-order valence-corrected chi connectivity index (χ1v) is 4.49. The smallest absolute Gasteiger partial charge is 0.263 e. The number of hydrazine groups is 1. The van der Waals surface area contributed by atoms with E-state index in [1.165, 1.54) is 12.2 Å². The molecule has 0 aromatic heterocycles. The number of hydrogen-bond donors (Lipinski definition) is 1. The fourth-order valence-corrected chi connectivity index (χ4v) is 1.87. The maximum absolute atomic E-state index is 11.3. The fourth-order valence-electron chi connectivity index (χ4n) is 1.50. The number of nitrogens with zero attached hydrogens (tertiary/aromatic N) is 2. The average molecular weight is 213 g/mol. The molecule has 1 amide bonds. The number of amides is 1. The van der Waals surface area contributed by atoms with E-state index in [2.05, 4.69) is 14.8 Å². The monoisotopic (exact) mass is 213 g/mol. The van der Waals surface area contributed by atoms with Crippen molar-refractivity contribution in [2.45, 2.75) is 12.1 Å². The van der Waals surface area contributed by atoms with Crippen LogP contribution >= 0.6 is 9.39 Å². The van der Waals surface area contributed by atoms with Crippen LogP contribution in [0.4, 0.5) is 0 Å². The highest BCUT2D eigenvalue weighted by molar-refractivity contribution is 7.13. The minimum Gasteiger partial charge on any atom is -0.281 e. The second kappa shape index (κ2) is 3.15. The largest absolute Gasteiger partial charge is 0.281 e. The van der Waals surface area contributed by atoms with E-state index in [4.69, 9.17) is 0 Å². The lowest BCUT2D eigenvalue weighted by Crippen LogP contribution is -2.28. The first kappa shape index (κ1) is 9.30. The zero-order chi connectivity index (χ0) is 10.3. The Morgan fingerprint density at radius 2 is 2.29 bits per heavy atom. The van der Waals surface area contributed by atoms with Gasteiger partial charge in [0.1, 0.15) is 0 Å². The molecule has 3 unspecified atom stereocenters. The SMILES string of the molecule is O=C1NN(P)C2C=CC([N+](=O)[O-])C=C12. The Bertz CT molecular complexity index is 365. The van der Waals surface area contributed by atoms with Crippen molar-refractivity contribution in [1.29, 1.82) is 0 Å². The Hall–Kier alpha value is -1.26. The molecule has 0 bridgehead atoms. The number of carbonyl (C=O) groups excluding carboxylic acids is 1. The maximum atomic E-state index is 11.3. The summed E-state index contributed by atoms with van der Waals surface area (Å²) < 4.78 is 1.54. The van der Waals surface area contributed by atoms with Crippen molar-refractivity contribution in [2.24, 2.45) is 0 Å². The van der Waals surface area contributed by atoms with Gasteiger partial charge in [0.2, 0.25) is 6.04 Å². The molecular weight excluding hydrogens is 205 g/mol. The van der Waals surface area contributed by atoms with Crippen LogP contribution in [0.2, 0.25) is 0 Å². The van der Waals surface area contributed by atoms with E-state index in [9.17, 15) is 14.9 Å². The Morgan fingerprint density at radius 1 is 1.57 bits per heavy atom. The molecule has 7 heteroatoms. The highest BCUT2D eigenvalue weighted by Gasteiger charge is 2.36. The highest BCUT2D eigenvalue weighted by atomic mass is 31.0. The second-order valence-corrected chi connectivity index (χ2v) is 3.63. The van der Waals surface area contributed by atoms with Crippen LogP contribution in [0.1, 0.15) is 0 Å². The summed E-state index contributed by atoms with van der Waals surface area (Å²) >= 11 is 0. The minimum absolute atomic E-state index is 0.205. The lowest BCUT2D eigenvalue weighted by molar-refractivity contribution is -0.496. The van der Waals surface area contributed by atoms with Crippen LogP contribution in [0.15, 0.2) is 23.8 Å². The van der Waals surface area contributed by atoms with Gasteiger partial charge >= 0.3 is 0 Å². The van der Waals surface area contributed by atoms with Crippen molar-refractivity contribution in [3.8, 4) is 0 Å². The summed E-state index contributed by atoms with van der Waals surface area (Å²) in [4.78, 5) is 21.4. The van der Waals surface area contributed by atoms with E-state index in [1.54, 1.807) is 10.9 Å². The third-order valence-corrected chi connectivity index (χ3v) is 2.65. The van der Waals surface area contributed by atoms with Gasteiger partial charge < -0.3 is 0 Å². The molecule has 3 atom stereocenters. The van der Waals surface area contributed by atoms with Crippen molar-refractivity contribution < 1.29 is 9.72 Å². The van der Waals surface area contributed by atoms with Crippen molar-refractivity contribution in [2.75, 3.05) is 0 Å². The standard InChI is InChI=1S/C7H8N3O3P/c11-7-5-3-4(10(12)13)1-2-6(5)9(14)8-7/h1-4,6H,14H2,(H,8,11). The van der Waals surface area contributed by atoms with Gasteiger partial charge in [-0.25, -0.2) is 0 Å². The molecule has 1 saturated heterocycles. The van der Waals surface area contributed by atoms with E-state index in [1.807, 2.05) is 0 Å². The third-order valence-electron chi connectivity index (χ3n) is 2.20. The lowest BCUT2D eigenvalue weighted by Gasteiger charge is -2.16. The molecule has 14 heavy (non-hydrogen) atoms. The van der Waals surface area contributed by atoms with Crippen molar-refractivity contribution in [3.05, 3.63) is 33.9 Å². The Kier molecular flexibility index (Phi) is 2.09. The zero-order valence-corrected chi connectivity index (χ0v) is 8.24. The zero-order valence-electron chi connectivity index (χ0n) is 7.08. The van der Waals surface area contributed by atoms with Gasteiger partial charge in [0.25, 0.3) is 5.91 Å². The molecule has 6 nitrogen and oxygen atoms in total. The highest BCUT2D eigenvalue weighted by Crippen LogP contribution is 2.25. The van der Waals surface area contributed by atoms with Crippen LogP contribution in [0.25, 0.3) is 0 Å². The van der Waals surface area contributed by atoms with Crippen molar-refractivity contribution >= 4 is 15.3 Å². The van der Waals surface area contributed by atoms with Gasteiger partial charge in [-0.05, 0) is 15.5 Å². The molecule has 0 radical (unpaired) electrons. The summed E-state index contributed by atoms with van der Waals surface area (Å²) in [5.41, 5.74) is 2.97. The molecule has 1 heterocycles. The number of nitro groups is 1. The van der Waals surface area contributed by atoms with Crippen molar-refractivity contribution in [1.82, 2.24) is 10.2 Å². The van der Waals surface area contributed by atoms with Crippen molar-refractivity contribution in [3.63, 3.8) is 0 Å². The molecule has 2 aliphatic rings. The minimum atomic E-state index is -0.886. The molecule has 1 aliphatic heterocycles. The molecule has 0 spiro atoms. The summed E-state index contributed by atoms with van der Waals surface area (Å²) in [7, 11) is 2.34. The van der Waals surface area contributed by atoms with Crippen LogP contribution < -0.4 is 5.43 Å². The molecule has 0 aromatic rings. The lowest BCUT2D eigenvalue weighted by atomic mass is 9.99. The van der Waals surface area contributed by atoms with Crippen LogP contribution in [0.5, 0.6) is 0 Å². The van der Waals surface area contributed by atoms with E-state index in [0.29, 0.717) is 5.57 Å². The second-order valence-electron chi connectivity index (χ2n) is 3.08. The number of fused-ring (bicyclic) bond motifs is 1. The maximum Gasteiger partial charge on any atom is 0.263 e. The normalized spacial score (nSPS) is 30.9.